The normalized spacial score (nSPS) is 12.4. The molecule has 1 amide bonds. The van der Waals surface area contributed by atoms with Gasteiger partial charge in [-0.2, -0.15) is 5.10 Å². The van der Waals surface area contributed by atoms with Crippen LogP contribution in [0.3, 0.4) is 0 Å². The molecule has 3 aromatic rings. The van der Waals surface area contributed by atoms with E-state index in [1.807, 2.05) is 18.2 Å². The molecule has 1 aromatic carbocycles. The van der Waals surface area contributed by atoms with E-state index in [0.717, 1.165) is 5.56 Å². The fourth-order valence-corrected chi connectivity index (χ4v) is 2.80. The quantitative estimate of drug-likeness (QED) is 0.692. The van der Waals surface area contributed by atoms with E-state index >= 15 is 0 Å². The van der Waals surface area contributed by atoms with Crippen molar-refractivity contribution < 1.29 is 13.6 Å². The van der Waals surface area contributed by atoms with Gasteiger partial charge in [-0.25, -0.2) is 18.4 Å². The molecule has 3 rings (SSSR count). The molecule has 10 heteroatoms. The summed E-state index contributed by atoms with van der Waals surface area (Å²) >= 11 is 5.95. The van der Waals surface area contributed by atoms with Gasteiger partial charge in [0.2, 0.25) is 5.95 Å². The van der Waals surface area contributed by atoms with E-state index in [2.05, 4.69) is 20.5 Å². The molecule has 142 valence electrons. The first-order valence-electron chi connectivity index (χ1n) is 8.12. The number of hydrogen-bond donors (Lipinski definition) is 1. The lowest BCUT2D eigenvalue weighted by molar-refractivity contribution is -0.119. The molecule has 2 aromatic heterocycles. The van der Waals surface area contributed by atoms with Gasteiger partial charge in [-0.15, -0.1) is 5.10 Å². The van der Waals surface area contributed by atoms with E-state index in [4.69, 9.17) is 11.6 Å². The van der Waals surface area contributed by atoms with Gasteiger partial charge in [0.25, 0.3) is 12.3 Å². The number of hydrogen-bond acceptors (Lipinski definition) is 4. The number of nitrogens with one attached hydrogen (secondary N) is 1. The van der Waals surface area contributed by atoms with Gasteiger partial charge in [0, 0.05) is 10.7 Å². The fourth-order valence-electron chi connectivity index (χ4n) is 2.59. The van der Waals surface area contributed by atoms with E-state index in [1.54, 1.807) is 24.6 Å². The number of halogens is 3. The second-order valence-electron chi connectivity index (χ2n) is 6.02. The molecule has 2 heterocycles. The van der Waals surface area contributed by atoms with Crippen molar-refractivity contribution >= 4 is 23.5 Å². The zero-order valence-corrected chi connectivity index (χ0v) is 15.4. The highest BCUT2D eigenvalue weighted by atomic mass is 35.5. The molecule has 7 nitrogen and oxygen atoms in total. The van der Waals surface area contributed by atoms with E-state index in [9.17, 15) is 13.6 Å². The van der Waals surface area contributed by atoms with Gasteiger partial charge < -0.3 is 0 Å². The van der Waals surface area contributed by atoms with E-state index in [1.165, 1.54) is 17.1 Å². The van der Waals surface area contributed by atoms with Crippen LogP contribution < -0.4 is 5.32 Å². The van der Waals surface area contributed by atoms with E-state index in [0.29, 0.717) is 17.3 Å². The van der Waals surface area contributed by atoms with Crippen molar-refractivity contribution in [2.45, 2.75) is 32.9 Å². The lowest BCUT2D eigenvalue weighted by Gasteiger charge is -2.12. The number of amides is 1. The second kappa shape index (κ2) is 7.83. The van der Waals surface area contributed by atoms with Crippen LogP contribution in [0.1, 0.15) is 36.3 Å². The van der Waals surface area contributed by atoms with E-state index in [-0.39, 0.29) is 11.6 Å². The summed E-state index contributed by atoms with van der Waals surface area (Å²) in [6.45, 7) is 3.61. The summed E-state index contributed by atoms with van der Waals surface area (Å²) in [5, 5.41) is 11.2. The zero-order chi connectivity index (χ0) is 19.6. The van der Waals surface area contributed by atoms with Gasteiger partial charge in [-0.3, -0.25) is 14.8 Å². The van der Waals surface area contributed by atoms with Gasteiger partial charge in [0.1, 0.15) is 18.1 Å². The maximum absolute atomic E-state index is 12.8. The van der Waals surface area contributed by atoms with E-state index < -0.39 is 18.4 Å². The lowest BCUT2D eigenvalue weighted by Crippen LogP contribution is -2.26. The predicted molar refractivity (Wildman–Crippen MR) is 95.8 cm³/mol. The second-order valence-corrected chi connectivity index (χ2v) is 6.45. The number of aryl methyl sites for hydroxylation is 1. The minimum atomic E-state index is -2.69. The molecule has 0 bridgehead atoms. The molecular formula is C17H17ClF2N6O. The van der Waals surface area contributed by atoms with Crippen LogP contribution in [0.15, 0.2) is 36.7 Å². The molecule has 1 N–H and O–H groups in total. The number of rotatable bonds is 6. The third-order valence-corrected chi connectivity index (χ3v) is 4.15. The zero-order valence-electron chi connectivity index (χ0n) is 14.6. The molecule has 0 saturated heterocycles. The van der Waals surface area contributed by atoms with Crippen LogP contribution >= 0.6 is 11.6 Å². The van der Waals surface area contributed by atoms with Crippen molar-refractivity contribution in [2.24, 2.45) is 0 Å². The number of carbonyl (C=O) groups is 1. The first kappa shape index (κ1) is 19.0. The summed E-state index contributed by atoms with van der Waals surface area (Å²) in [6.07, 6.45) is -1.21. The van der Waals surface area contributed by atoms with Gasteiger partial charge in [0.05, 0.1) is 6.54 Å². The summed E-state index contributed by atoms with van der Waals surface area (Å²) in [6, 6.07) is 7.78. The molecule has 27 heavy (non-hydrogen) atoms. The first-order chi connectivity index (χ1) is 12.8. The largest absolute Gasteiger partial charge is 0.291 e. The topological polar surface area (TPSA) is 77.6 Å². The van der Waals surface area contributed by atoms with Crippen molar-refractivity contribution in [2.75, 3.05) is 5.32 Å². The Hall–Kier alpha value is -2.81. The minimum Gasteiger partial charge on any atom is -0.291 e. The van der Waals surface area contributed by atoms with Crippen LogP contribution in [-0.4, -0.2) is 30.5 Å². The molecule has 0 spiro atoms. The number of aromatic nitrogens is 5. The Bertz CT molecular complexity index is 955. The average molecular weight is 395 g/mol. The molecule has 0 fully saturated rings. The first-order valence-corrected chi connectivity index (χ1v) is 8.50. The maximum Gasteiger partial charge on any atom is 0.282 e. The van der Waals surface area contributed by atoms with Crippen LogP contribution in [0.2, 0.25) is 5.02 Å². The third-order valence-electron chi connectivity index (χ3n) is 3.92. The lowest BCUT2D eigenvalue weighted by atomic mass is 10.2. The van der Waals surface area contributed by atoms with Gasteiger partial charge in [-0.1, -0.05) is 23.7 Å². The highest BCUT2D eigenvalue weighted by Gasteiger charge is 2.22. The smallest absolute Gasteiger partial charge is 0.282 e. The third kappa shape index (κ3) is 4.48. The Kier molecular flexibility index (Phi) is 5.50. The van der Waals surface area contributed by atoms with Crippen LogP contribution in [0.25, 0.3) is 0 Å². The molecule has 0 aliphatic heterocycles. The highest BCUT2D eigenvalue weighted by Crippen LogP contribution is 2.21. The monoisotopic (exact) mass is 394 g/mol. The van der Waals surface area contributed by atoms with Gasteiger partial charge in [0.15, 0.2) is 0 Å². The Morgan fingerprint density at radius 3 is 2.74 bits per heavy atom. The standard InChI is InChI=1S/C17H17ClF2N6O/c1-10-6-14(15(19)20)23-26(10)11(2)16(27)22-17-21-9-25(24-17)8-12-4-3-5-13(18)7-12/h3-7,9,11,15H,8H2,1-2H3,(H,22,24,27). The molecule has 0 aliphatic rings. The maximum atomic E-state index is 12.8. The SMILES string of the molecule is Cc1cc(C(F)F)nn1C(C)C(=O)Nc1ncn(Cc2cccc(Cl)c2)n1. The Morgan fingerprint density at radius 1 is 1.30 bits per heavy atom. The van der Waals surface area contributed by atoms with Crippen molar-refractivity contribution in [3.8, 4) is 0 Å². The summed E-state index contributed by atoms with van der Waals surface area (Å²) in [4.78, 5) is 16.4. The summed E-state index contributed by atoms with van der Waals surface area (Å²) in [5.41, 5.74) is 1.04. The molecule has 0 aliphatic carbocycles. The number of alkyl halides is 2. The molecule has 1 atom stereocenters. The Balaban J connectivity index is 1.67. The number of benzene rings is 1. The summed E-state index contributed by atoms with van der Waals surface area (Å²) in [5.74, 6) is -0.338. The number of nitrogens with zero attached hydrogens (tertiary/aromatic N) is 5. The van der Waals surface area contributed by atoms with Crippen LogP contribution in [0.5, 0.6) is 0 Å². The number of anilines is 1. The molecule has 1 unspecified atom stereocenters. The van der Waals surface area contributed by atoms with Crippen LogP contribution in [0.4, 0.5) is 14.7 Å². The minimum absolute atomic E-state index is 0.118. The van der Waals surface area contributed by atoms with Crippen molar-refractivity contribution in [3.05, 3.63) is 58.6 Å². The fraction of sp³-hybridized carbons (Fsp3) is 0.294. The Labute approximate surface area is 159 Å². The van der Waals surface area contributed by atoms with Crippen molar-refractivity contribution in [1.29, 1.82) is 0 Å². The van der Waals surface area contributed by atoms with Gasteiger partial charge in [-0.05, 0) is 37.6 Å². The molecular weight excluding hydrogens is 378 g/mol. The van der Waals surface area contributed by atoms with Crippen LogP contribution in [0, 0.1) is 6.92 Å². The average Bonchev–Trinajstić information content (AvgIpc) is 3.20. The van der Waals surface area contributed by atoms with Crippen molar-refractivity contribution in [3.63, 3.8) is 0 Å². The number of carbonyl (C=O) groups excluding carboxylic acids is 1. The Morgan fingerprint density at radius 2 is 2.07 bits per heavy atom. The highest BCUT2D eigenvalue weighted by molar-refractivity contribution is 6.30. The van der Waals surface area contributed by atoms with Gasteiger partial charge >= 0.3 is 0 Å². The summed E-state index contributed by atoms with van der Waals surface area (Å²) in [7, 11) is 0. The van der Waals surface area contributed by atoms with Crippen LogP contribution in [-0.2, 0) is 11.3 Å². The summed E-state index contributed by atoms with van der Waals surface area (Å²) < 4.78 is 28.3. The molecule has 0 saturated carbocycles. The van der Waals surface area contributed by atoms with Crippen molar-refractivity contribution in [1.82, 2.24) is 24.5 Å². The molecule has 0 radical (unpaired) electrons. The predicted octanol–water partition coefficient (Wildman–Crippen LogP) is 3.62.